The number of ether oxygens (including phenoxy) is 4. The smallest absolute Gasteiger partial charge is 0.317 e. The predicted molar refractivity (Wildman–Crippen MR) is 107 cm³/mol. The van der Waals surface area contributed by atoms with Gasteiger partial charge in [0.1, 0.15) is 19.1 Å². The van der Waals surface area contributed by atoms with E-state index in [0.717, 1.165) is 0 Å². The van der Waals surface area contributed by atoms with Crippen LogP contribution in [0.15, 0.2) is 24.3 Å². The first kappa shape index (κ1) is 24.3. The average molecular weight is 443 g/mol. The van der Waals surface area contributed by atoms with Gasteiger partial charge in [0.05, 0.1) is 24.7 Å². The van der Waals surface area contributed by atoms with E-state index in [9.17, 15) is 19.5 Å². The van der Waals surface area contributed by atoms with E-state index in [1.807, 2.05) is 0 Å². The van der Waals surface area contributed by atoms with Crippen LogP contribution in [0, 0.1) is 11.8 Å². The molecule has 0 heterocycles. The molecule has 0 radical (unpaired) electrons. The van der Waals surface area contributed by atoms with Crippen LogP contribution in [0.4, 0.5) is 0 Å². The third-order valence-corrected chi connectivity index (χ3v) is 5.35. The van der Waals surface area contributed by atoms with Crippen molar-refractivity contribution in [1.29, 1.82) is 0 Å². The van der Waals surface area contributed by atoms with Crippen LogP contribution in [0.5, 0.6) is 0 Å². The molecule has 1 saturated carbocycles. The number of benzene rings is 1. The van der Waals surface area contributed by atoms with Crippen molar-refractivity contribution >= 4 is 29.3 Å². The summed E-state index contributed by atoms with van der Waals surface area (Å²) in [7, 11) is 2.92. The Morgan fingerprint density at radius 2 is 1.57 bits per heavy atom. The maximum atomic E-state index is 12.9. The van der Waals surface area contributed by atoms with Crippen LogP contribution >= 0.6 is 11.6 Å². The van der Waals surface area contributed by atoms with E-state index >= 15 is 0 Å². The summed E-state index contributed by atoms with van der Waals surface area (Å²) < 4.78 is 20.2. The molecule has 1 aromatic carbocycles. The molecule has 0 aliphatic heterocycles. The second-order valence-electron chi connectivity index (χ2n) is 7.35. The van der Waals surface area contributed by atoms with Crippen LogP contribution in [0.1, 0.15) is 24.8 Å². The first-order valence-electron chi connectivity index (χ1n) is 9.54. The molecule has 9 heteroatoms. The number of esters is 2. The Balaban J connectivity index is 2.46. The molecular formula is C21H27ClO8. The highest BCUT2D eigenvalue weighted by Gasteiger charge is 2.57. The topological polar surface area (TPSA) is 108 Å². The van der Waals surface area contributed by atoms with E-state index in [0.29, 0.717) is 10.6 Å². The molecular weight excluding hydrogens is 416 g/mol. The molecule has 1 aliphatic carbocycles. The lowest BCUT2D eigenvalue weighted by Gasteiger charge is -2.43. The quantitative estimate of drug-likeness (QED) is 0.350. The van der Waals surface area contributed by atoms with Crippen LogP contribution in [-0.2, 0) is 33.3 Å². The Kier molecular flexibility index (Phi) is 8.78. The van der Waals surface area contributed by atoms with Crippen LogP contribution in [0.25, 0.3) is 0 Å². The number of carbonyl (C=O) groups is 3. The predicted octanol–water partition coefficient (Wildman–Crippen LogP) is 1.76. The van der Waals surface area contributed by atoms with Crippen LogP contribution in [0.2, 0.25) is 5.02 Å². The third kappa shape index (κ3) is 5.78. The lowest BCUT2D eigenvalue weighted by atomic mass is 9.62. The first-order chi connectivity index (χ1) is 14.2. The van der Waals surface area contributed by atoms with Gasteiger partial charge in [-0.2, -0.15) is 0 Å². The highest BCUT2D eigenvalue weighted by molar-refractivity contribution is 6.30. The summed E-state index contributed by atoms with van der Waals surface area (Å²) in [4.78, 5) is 38.6. The number of hydrogen-bond acceptors (Lipinski definition) is 8. The summed E-state index contributed by atoms with van der Waals surface area (Å²) in [6, 6.07) is 6.41. The minimum absolute atomic E-state index is 0.0217. The monoisotopic (exact) mass is 442 g/mol. The van der Waals surface area contributed by atoms with E-state index in [1.165, 1.54) is 21.1 Å². The van der Waals surface area contributed by atoms with Gasteiger partial charge in [0.25, 0.3) is 0 Å². The van der Waals surface area contributed by atoms with E-state index in [-0.39, 0.29) is 32.8 Å². The van der Waals surface area contributed by atoms with Crippen molar-refractivity contribution in [3.05, 3.63) is 34.9 Å². The molecule has 1 aromatic rings. The van der Waals surface area contributed by atoms with Gasteiger partial charge in [0.15, 0.2) is 5.78 Å². The van der Waals surface area contributed by atoms with Gasteiger partial charge in [-0.3, -0.25) is 14.4 Å². The average Bonchev–Trinajstić information content (AvgIpc) is 2.67. The number of hydrogen-bond donors (Lipinski definition) is 1. The van der Waals surface area contributed by atoms with Crippen molar-refractivity contribution in [3.8, 4) is 0 Å². The minimum atomic E-state index is -1.71. The molecule has 4 atom stereocenters. The minimum Gasteiger partial charge on any atom is -0.463 e. The zero-order valence-electron chi connectivity index (χ0n) is 17.3. The van der Waals surface area contributed by atoms with Crippen LogP contribution in [-0.4, -0.2) is 69.1 Å². The van der Waals surface area contributed by atoms with Crippen LogP contribution in [0.3, 0.4) is 0 Å². The molecule has 0 unspecified atom stereocenters. The van der Waals surface area contributed by atoms with Gasteiger partial charge in [0.2, 0.25) is 0 Å². The van der Waals surface area contributed by atoms with Crippen molar-refractivity contribution in [2.45, 2.75) is 24.9 Å². The Bertz CT molecular complexity index is 746. The normalized spacial score (nSPS) is 26.3. The maximum Gasteiger partial charge on any atom is 0.317 e. The lowest BCUT2D eigenvalue weighted by Crippen LogP contribution is -2.55. The maximum absolute atomic E-state index is 12.9. The zero-order chi connectivity index (χ0) is 22.3. The fourth-order valence-corrected chi connectivity index (χ4v) is 3.86. The number of carbonyl (C=O) groups excluding carboxylic acids is 3. The molecule has 0 bridgehead atoms. The third-order valence-electron chi connectivity index (χ3n) is 5.09. The molecule has 0 saturated heterocycles. The van der Waals surface area contributed by atoms with E-state index in [4.69, 9.17) is 30.5 Å². The van der Waals surface area contributed by atoms with Gasteiger partial charge in [-0.15, -0.1) is 0 Å². The fraction of sp³-hybridized carbons (Fsp3) is 0.571. The Labute approximate surface area is 180 Å². The summed E-state index contributed by atoms with van der Waals surface area (Å²) in [5.74, 6) is -5.44. The summed E-state index contributed by atoms with van der Waals surface area (Å²) >= 11 is 5.97. The number of Topliss-reactive ketones (excluding diaryl/α,β-unsaturated/α-hetero) is 1. The molecule has 1 aliphatic rings. The Morgan fingerprint density at radius 3 is 2.10 bits per heavy atom. The lowest BCUT2D eigenvalue weighted by molar-refractivity contribution is -0.174. The standard InChI is InChI=1S/C21H27ClO8/c1-21(26)12-15(23)17(19(24)29-10-8-27-2)16(13-4-6-14(22)7-5-13)18(21)20(25)30-11-9-28-3/h4-7,16-18,26H,8-12H2,1-3H3/t16-,17-,18+,21+/m1/s1. The second-order valence-corrected chi connectivity index (χ2v) is 7.79. The highest BCUT2D eigenvalue weighted by atomic mass is 35.5. The summed E-state index contributed by atoms with van der Waals surface area (Å²) in [5, 5.41) is 11.4. The molecule has 1 fully saturated rings. The largest absolute Gasteiger partial charge is 0.463 e. The zero-order valence-corrected chi connectivity index (χ0v) is 18.0. The molecule has 0 spiro atoms. The van der Waals surface area contributed by atoms with E-state index in [1.54, 1.807) is 24.3 Å². The number of ketones is 1. The summed E-state index contributed by atoms with van der Waals surface area (Å²) in [5.41, 5.74) is -1.22. The molecule has 8 nitrogen and oxygen atoms in total. The van der Waals surface area contributed by atoms with Gasteiger partial charge >= 0.3 is 11.9 Å². The van der Waals surface area contributed by atoms with Crippen molar-refractivity contribution in [1.82, 2.24) is 0 Å². The molecule has 30 heavy (non-hydrogen) atoms. The fourth-order valence-electron chi connectivity index (χ4n) is 3.73. The number of methoxy groups -OCH3 is 2. The molecule has 166 valence electrons. The summed E-state index contributed by atoms with van der Waals surface area (Å²) in [6.07, 6.45) is -0.384. The van der Waals surface area contributed by atoms with Gasteiger partial charge in [-0.25, -0.2) is 0 Å². The molecule has 1 N–H and O–H groups in total. The van der Waals surface area contributed by atoms with Crippen molar-refractivity contribution in [2.75, 3.05) is 40.6 Å². The Hall–Kier alpha value is -2.00. The highest BCUT2D eigenvalue weighted by Crippen LogP contribution is 2.46. The Morgan fingerprint density at radius 1 is 1.03 bits per heavy atom. The van der Waals surface area contributed by atoms with Gasteiger partial charge in [-0.05, 0) is 24.6 Å². The summed E-state index contributed by atoms with van der Waals surface area (Å²) in [6.45, 7) is 1.67. The van der Waals surface area contributed by atoms with E-state index in [2.05, 4.69) is 0 Å². The molecule has 2 rings (SSSR count). The van der Waals surface area contributed by atoms with Crippen molar-refractivity contribution < 1.29 is 38.4 Å². The molecule has 0 aromatic heterocycles. The second kappa shape index (κ2) is 10.9. The number of aliphatic hydroxyl groups is 1. The number of halogens is 1. The molecule has 0 amide bonds. The first-order valence-corrected chi connectivity index (χ1v) is 9.92. The van der Waals surface area contributed by atoms with E-state index < -0.39 is 41.1 Å². The van der Waals surface area contributed by atoms with Crippen LogP contribution < -0.4 is 0 Å². The van der Waals surface area contributed by atoms with Gasteiger partial charge < -0.3 is 24.1 Å². The van der Waals surface area contributed by atoms with Gasteiger partial charge in [0, 0.05) is 31.6 Å². The van der Waals surface area contributed by atoms with Crippen molar-refractivity contribution in [3.63, 3.8) is 0 Å². The van der Waals surface area contributed by atoms with Gasteiger partial charge in [-0.1, -0.05) is 23.7 Å². The SMILES string of the molecule is COCCOC(=O)[C@@H]1C(=O)C[C@](C)(O)[C@H](C(=O)OCCOC)[C@@H]1c1ccc(Cl)cc1. The number of rotatable bonds is 9. The van der Waals surface area contributed by atoms with Crippen molar-refractivity contribution in [2.24, 2.45) is 11.8 Å².